The topological polar surface area (TPSA) is 70.5 Å². The summed E-state index contributed by atoms with van der Waals surface area (Å²) in [5, 5.41) is 9.14. The summed E-state index contributed by atoms with van der Waals surface area (Å²) in [6.45, 7) is 3.11. The first-order chi connectivity index (χ1) is 11.5. The molecule has 124 valence electrons. The van der Waals surface area contributed by atoms with Crippen molar-refractivity contribution in [2.24, 2.45) is 0 Å². The Morgan fingerprint density at radius 1 is 1.21 bits per heavy atom. The second-order valence-corrected chi connectivity index (χ2v) is 6.14. The van der Waals surface area contributed by atoms with E-state index >= 15 is 0 Å². The average Bonchev–Trinajstić information content (AvgIpc) is 2.62. The molecule has 1 amide bonds. The van der Waals surface area contributed by atoms with Gasteiger partial charge in [-0.05, 0) is 37.1 Å². The molecular weight excluding hydrogens is 304 g/mol. The van der Waals surface area contributed by atoms with Crippen LogP contribution in [0.4, 0.5) is 0 Å². The maximum Gasteiger partial charge on any atom is 0.335 e. The quantitative estimate of drug-likeness (QED) is 0.941. The summed E-state index contributed by atoms with van der Waals surface area (Å²) in [6.07, 6.45) is 1.99. The van der Waals surface area contributed by atoms with Gasteiger partial charge in [0.05, 0.1) is 11.3 Å². The lowest BCUT2D eigenvalue weighted by atomic mass is 9.93. The van der Waals surface area contributed by atoms with Gasteiger partial charge < -0.3 is 10.0 Å². The van der Waals surface area contributed by atoms with Gasteiger partial charge in [0.25, 0.3) is 0 Å². The average molecular weight is 324 g/mol. The Morgan fingerprint density at radius 2 is 2.00 bits per heavy atom. The first-order valence-electron chi connectivity index (χ1n) is 8.11. The Labute approximate surface area is 140 Å². The summed E-state index contributed by atoms with van der Waals surface area (Å²) in [4.78, 5) is 29.4. The summed E-state index contributed by atoms with van der Waals surface area (Å²) < 4.78 is 0. The molecule has 0 saturated carbocycles. The van der Waals surface area contributed by atoms with Crippen LogP contribution < -0.4 is 0 Å². The molecule has 0 aliphatic carbocycles. The standard InChI is InChI=1S/C19H20N2O3/c1-13(22)21-10-4-7-16(12-21)18-9-3-8-17(20-18)14-5-2-6-15(11-14)19(23)24/h2-3,5-6,8-9,11,16H,4,7,10,12H2,1H3,(H,23,24)/t16-/m0/s1. The molecule has 2 heterocycles. The molecule has 3 rings (SSSR count). The first-order valence-corrected chi connectivity index (χ1v) is 8.11. The zero-order chi connectivity index (χ0) is 17.1. The van der Waals surface area contributed by atoms with E-state index < -0.39 is 5.97 Å². The van der Waals surface area contributed by atoms with Crippen LogP contribution in [0.5, 0.6) is 0 Å². The minimum atomic E-state index is -0.947. The number of benzene rings is 1. The molecule has 2 aromatic rings. The van der Waals surface area contributed by atoms with Gasteiger partial charge in [0.1, 0.15) is 0 Å². The number of carbonyl (C=O) groups is 2. The second-order valence-electron chi connectivity index (χ2n) is 6.14. The van der Waals surface area contributed by atoms with Gasteiger partial charge in [0, 0.05) is 37.2 Å². The zero-order valence-electron chi connectivity index (χ0n) is 13.6. The second kappa shape index (κ2) is 6.83. The van der Waals surface area contributed by atoms with Crippen molar-refractivity contribution < 1.29 is 14.7 Å². The molecule has 24 heavy (non-hydrogen) atoms. The van der Waals surface area contributed by atoms with Crippen LogP contribution in [0.15, 0.2) is 42.5 Å². The van der Waals surface area contributed by atoms with E-state index in [-0.39, 0.29) is 17.4 Å². The number of likely N-dealkylation sites (tertiary alicyclic amines) is 1. The fraction of sp³-hybridized carbons (Fsp3) is 0.316. The maximum absolute atomic E-state index is 11.6. The summed E-state index contributed by atoms with van der Waals surface area (Å²) in [7, 11) is 0. The molecule has 1 aliphatic rings. The molecular formula is C19H20N2O3. The van der Waals surface area contributed by atoms with E-state index in [2.05, 4.69) is 0 Å². The zero-order valence-corrected chi connectivity index (χ0v) is 13.6. The Morgan fingerprint density at radius 3 is 2.75 bits per heavy atom. The largest absolute Gasteiger partial charge is 0.478 e. The SMILES string of the molecule is CC(=O)N1CCC[C@H](c2cccc(-c3cccc(C(=O)O)c3)n2)C1. The monoisotopic (exact) mass is 324 g/mol. The fourth-order valence-corrected chi connectivity index (χ4v) is 3.16. The highest BCUT2D eigenvalue weighted by molar-refractivity contribution is 5.89. The molecule has 1 fully saturated rings. The van der Waals surface area contributed by atoms with Gasteiger partial charge in [-0.2, -0.15) is 0 Å². The number of amides is 1. The molecule has 1 N–H and O–H groups in total. The highest BCUT2D eigenvalue weighted by Gasteiger charge is 2.24. The van der Waals surface area contributed by atoms with Gasteiger partial charge in [0.15, 0.2) is 0 Å². The van der Waals surface area contributed by atoms with Crippen molar-refractivity contribution in [3.8, 4) is 11.3 Å². The Bertz CT molecular complexity index is 773. The van der Waals surface area contributed by atoms with Gasteiger partial charge >= 0.3 is 5.97 Å². The minimum absolute atomic E-state index is 0.102. The van der Waals surface area contributed by atoms with Gasteiger partial charge in [0.2, 0.25) is 5.91 Å². The molecule has 0 radical (unpaired) electrons. The molecule has 1 atom stereocenters. The van der Waals surface area contributed by atoms with Crippen molar-refractivity contribution in [2.45, 2.75) is 25.7 Å². The fourth-order valence-electron chi connectivity index (χ4n) is 3.16. The molecule has 1 aromatic heterocycles. The summed E-state index contributed by atoms with van der Waals surface area (Å²) in [5.74, 6) is -0.618. The lowest BCUT2D eigenvalue weighted by Gasteiger charge is -2.31. The summed E-state index contributed by atoms with van der Waals surface area (Å²) >= 11 is 0. The van der Waals surface area contributed by atoms with Crippen molar-refractivity contribution >= 4 is 11.9 Å². The Kier molecular flexibility index (Phi) is 4.60. The minimum Gasteiger partial charge on any atom is -0.478 e. The van der Waals surface area contributed by atoms with Crippen LogP contribution in [-0.2, 0) is 4.79 Å². The van der Waals surface area contributed by atoms with Crippen molar-refractivity contribution in [2.75, 3.05) is 13.1 Å². The van der Waals surface area contributed by atoms with E-state index in [1.165, 1.54) is 0 Å². The van der Waals surface area contributed by atoms with E-state index in [4.69, 9.17) is 10.1 Å². The van der Waals surface area contributed by atoms with Crippen molar-refractivity contribution in [1.29, 1.82) is 0 Å². The lowest BCUT2D eigenvalue weighted by Crippen LogP contribution is -2.37. The first kappa shape index (κ1) is 16.2. The molecule has 1 saturated heterocycles. The molecule has 0 bridgehead atoms. The number of aromatic nitrogens is 1. The van der Waals surface area contributed by atoms with Crippen LogP contribution in [0.3, 0.4) is 0 Å². The highest BCUT2D eigenvalue weighted by atomic mass is 16.4. The van der Waals surface area contributed by atoms with Crippen LogP contribution >= 0.6 is 0 Å². The molecule has 1 aromatic carbocycles. The third-order valence-corrected chi connectivity index (χ3v) is 4.46. The molecule has 5 nitrogen and oxygen atoms in total. The van der Waals surface area contributed by atoms with Crippen LogP contribution in [0.25, 0.3) is 11.3 Å². The number of hydrogen-bond donors (Lipinski definition) is 1. The van der Waals surface area contributed by atoms with Gasteiger partial charge in [-0.25, -0.2) is 4.79 Å². The summed E-state index contributed by atoms with van der Waals surface area (Å²) in [5.41, 5.74) is 2.76. The molecule has 0 unspecified atom stereocenters. The van der Waals surface area contributed by atoms with Crippen LogP contribution in [0.1, 0.15) is 41.7 Å². The number of nitrogens with zero attached hydrogens (tertiary/aromatic N) is 2. The molecule has 1 aliphatic heterocycles. The normalized spacial score (nSPS) is 17.5. The number of carboxylic acid groups (broad SMARTS) is 1. The Hall–Kier alpha value is -2.69. The smallest absolute Gasteiger partial charge is 0.335 e. The van der Waals surface area contributed by atoms with E-state index in [0.717, 1.165) is 36.3 Å². The summed E-state index contributed by atoms with van der Waals surface area (Å²) in [6, 6.07) is 12.6. The number of carboxylic acids is 1. The number of piperidine rings is 1. The van der Waals surface area contributed by atoms with Gasteiger partial charge in [-0.3, -0.25) is 9.78 Å². The van der Waals surface area contributed by atoms with Gasteiger partial charge in [-0.1, -0.05) is 18.2 Å². The third-order valence-electron chi connectivity index (χ3n) is 4.46. The number of aromatic carboxylic acids is 1. The van der Waals surface area contributed by atoms with Crippen LogP contribution in [0.2, 0.25) is 0 Å². The number of carbonyl (C=O) groups excluding carboxylic acids is 1. The third kappa shape index (κ3) is 3.45. The van der Waals surface area contributed by atoms with E-state index in [0.29, 0.717) is 6.54 Å². The van der Waals surface area contributed by atoms with Crippen molar-refractivity contribution in [1.82, 2.24) is 9.88 Å². The van der Waals surface area contributed by atoms with Crippen molar-refractivity contribution in [3.05, 3.63) is 53.7 Å². The van der Waals surface area contributed by atoms with E-state index in [1.807, 2.05) is 29.2 Å². The lowest BCUT2D eigenvalue weighted by molar-refractivity contribution is -0.130. The number of rotatable bonds is 3. The Balaban J connectivity index is 1.88. The number of hydrogen-bond acceptors (Lipinski definition) is 3. The van der Waals surface area contributed by atoms with E-state index in [1.54, 1.807) is 25.1 Å². The van der Waals surface area contributed by atoms with Crippen molar-refractivity contribution in [3.63, 3.8) is 0 Å². The van der Waals surface area contributed by atoms with Crippen LogP contribution in [0, 0.1) is 0 Å². The maximum atomic E-state index is 11.6. The number of pyridine rings is 1. The van der Waals surface area contributed by atoms with E-state index in [9.17, 15) is 9.59 Å². The molecule has 5 heteroatoms. The predicted molar refractivity (Wildman–Crippen MR) is 90.9 cm³/mol. The highest BCUT2D eigenvalue weighted by Crippen LogP contribution is 2.28. The van der Waals surface area contributed by atoms with Crippen LogP contribution in [-0.4, -0.2) is 40.0 Å². The molecule has 0 spiro atoms. The van der Waals surface area contributed by atoms with Gasteiger partial charge in [-0.15, -0.1) is 0 Å². The predicted octanol–water partition coefficient (Wildman–Crippen LogP) is 3.17.